The molecule has 0 spiro atoms. The minimum Gasteiger partial charge on any atom is -0.484 e. The molecule has 31 heavy (non-hydrogen) atoms. The Morgan fingerprint density at radius 3 is 2.81 bits per heavy atom. The van der Waals surface area contributed by atoms with Crippen LogP contribution in [0.15, 0.2) is 42.2 Å². The summed E-state index contributed by atoms with van der Waals surface area (Å²) in [5, 5.41) is 11.6. The van der Waals surface area contributed by atoms with Gasteiger partial charge in [0, 0.05) is 17.4 Å². The van der Waals surface area contributed by atoms with E-state index in [1.54, 1.807) is 6.26 Å². The van der Waals surface area contributed by atoms with Crippen molar-refractivity contribution in [3.8, 4) is 11.5 Å². The van der Waals surface area contributed by atoms with Crippen LogP contribution in [0.2, 0.25) is 5.02 Å². The lowest BCUT2D eigenvalue weighted by Gasteiger charge is -2.13. The molecule has 0 aliphatic carbocycles. The SMILES string of the molecule is CSCC(NC(=O)COc1ccc2c(c1)OC(=Cc1c(F)cccc1Cl)C2=O)C(=O)O. The van der Waals surface area contributed by atoms with Crippen LogP contribution in [0.5, 0.6) is 11.5 Å². The van der Waals surface area contributed by atoms with E-state index in [0.717, 1.165) is 0 Å². The molecule has 3 rings (SSSR count). The van der Waals surface area contributed by atoms with E-state index < -0.39 is 36.1 Å². The van der Waals surface area contributed by atoms with E-state index in [0.29, 0.717) is 0 Å². The summed E-state index contributed by atoms with van der Waals surface area (Å²) in [7, 11) is 0. The zero-order chi connectivity index (χ0) is 22.5. The number of rotatable bonds is 8. The molecule has 1 aliphatic rings. The fraction of sp³-hybridized carbons (Fsp3) is 0.190. The Labute approximate surface area is 186 Å². The number of benzene rings is 2. The van der Waals surface area contributed by atoms with E-state index in [1.165, 1.54) is 54.2 Å². The van der Waals surface area contributed by atoms with Crippen LogP contribution in [-0.4, -0.2) is 47.4 Å². The Hall–Kier alpha value is -3.04. The number of ketones is 1. The lowest BCUT2D eigenvalue weighted by atomic mass is 10.1. The number of nitrogens with one attached hydrogen (secondary N) is 1. The number of Topliss-reactive ketones (excluding diaryl/α,β-unsaturated/α-hetero) is 1. The number of thioether (sulfide) groups is 1. The molecule has 0 aromatic heterocycles. The molecule has 7 nitrogen and oxygen atoms in total. The van der Waals surface area contributed by atoms with Crippen molar-refractivity contribution in [2.75, 3.05) is 18.6 Å². The summed E-state index contributed by atoms with van der Waals surface area (Å²) in [4.78, 5) is 35.6. The van der Waals surface area contributed by atoms with Gasteiger partial charge >= 0.3 is 5.97 Å². The Kier molecular flexibility index (Phi) is 7.19. The van der Waals surface area contributed by atoms with Gasteiger partial charge in [0.25, 0.3) is 5.91 Å². The maximum absolute atomic E-state index is 14.0. The predicted octanol–water partition coefficient (Wildman–Crippen LogP) is 3.41. The highest BCUT2D eigenvalue weighted by molar-refractivity contribution is 7.98. The molecule has 0 fully saturated rings. The van der Waals surface area contributed by atoms with Crippen LogP contribution in [0.3, 0.4) is 0 Å². The maximum atomic E-state index is 14.0. The molecular weight excluding hydrogens is 449 g/mol. The van der Waals surface area contributed by atoms with E-state index in [-0.39, 0.29) is 39.2 Å². The summed E-state index contributed by atoms with van der Waals surface area (Å²) in [6, 6.07) is 7.49. The largest absolute Gasteiger partial charge is 0.484 e. The van der Waals surface area contributed by atoms with Crippen molar-refractivity contribution in [3.63, 3.8) is 0 Å². The summed E-state index contributed by atoms with van der Waals surface area (Å²) in [6.45, 7) is -0.418. The summed E-state index contributed by atoms with van der Waals surface area (Å²) in [5.41, 5.74) is 0.285. The molecule has 10 heteroatoms. The average molecular weight is 466 g/mol. The van der Waals surface area contributed by atoms with Gasteiger partial charge in [-0.25, -0.2) is 9.18 Å². The maximum Gasteiger partial charge on any atom is 0.327 e. The minimum atomic E-state index is -1.14. The molecule has 0 saturated heterocycles. The Morgan fingerprint density at radius 2 is 2.13 bits per heavy atom. The van der Waals surface area contributed by atoms with Gasteiger partial charge < -0.3 is 19.9 Å². The molecule has 1 heterocycles. The van der Waals surface area contributed by atoms with Crippen molar-refractivity contribution >= 4 is 47.1 Å². The quantitative estimate of drug-likeness (QED) is 0.576. The van der Waals surface area contributed by atoms with Crippen LogP contribution in [0.1, 0.15) is 15.9 Å². The zero-order valence-corrected chi connectivity index (χ0v) is 17.8. The summed E-state index contributed by atoms with van der Waals surface area (Å²) in [5.74, 6) is -2.23. The molecule has 1 atom stereocenters. The molecule has 0 radical (unpaired) electrons. The monoisotopic (exact) mass is 465 g/mol. The van der Waals surface area contributed by atoms with E-state index in [1.807, 2.05) is 0 Å². The van der Waals surface area contributed by atoms with Crippen LogP contribution < -0.4 is 14.8 Å². The van der Waals surface area contributed by atoms with Crippen molar-refractivity contribution in [3.05, 3.63) is 64.1 Å². The molecule has 2 N–H and O–H groups in total. The van der Waals surface area contributed by atoms with Gasteiger partial charge in [0.2, 0.25) is 5.78 Å². The first-order chi connectivity index (χ1) is 14.8. The number of carboxylic acid groups (broad SMARTS) is 1. The van der Waals surface area contributed by atoms with E-state index in [9.17, 15) is 18.8 Å². The molecule has 2 aromatic carbocycles. The summed E-state index contributed by atoms with van der Waals surface area (Å²) >= 11 is 7.28. The number of hydrogen-bond acceptors (Lipinski definition) is 6. The number of carbonyl (C=O) groups is 3. The summed E-state index contributed by atoms with van der Waals surface area (Å²) < 4.78 is 24.9. The van der Waals surface area contributed by atoms with Crippen molar-refractivity contribution in [2.45, 2.75) is 6.04 Å². The van der Waals surface area contributed by atoms with Crippen molar-refractivity contribution in [1.82, 2.24) is 5.32 Å². The minimum absolute atomic E-state index is 0.0340. The highest BCUT2D eigenvalue weighted by Gasteiger charge is 2.28. The van der Waals surface area contributed by atoms with Gasteiger partial charge in [0.05, 0.1) is 10.6 Å². The molecule has 1 unspecified atom stereocenters. The zero-order valence-electron chi connectivity index (χ0n) is 16.2. The Bertz CT molecular complexity index is 1050. The van der Waals surface area contributed by atoms with E-state index in [4.69, 9.17) is 26.2 Å². The molecular formula is C21H17ClFNO6S. The van der Waals surface area contributed by atoms with Crippen LogP contribution in [0.25, 0.3) is 6.08 Å². The van der Waals surface area contributed by atoms with Gasteiger partial charge in [0.15, 0.2) is 12.4 Å². The molecule has 1 amide bonds. The van der Waals surface area contributed by atoms with Gasteiger partial charge in [-0.05, 0) is 36.6 Å². The number of allylic oxidation sites excluding steroid dienone is 1. The number of aliphatic carboxylic acids is 1. The first kappa shape index (κ1) is 22.6. The lowest BCUT2D eigenvalue weighted by molar-refractivity contribution is -0.141. The second-order valence-electron chi connectivity index (χ2n) is 6.44. The first-order valence-electron chi connectivity index (χ1n) is 8.96. The molecule has 162 valence electrons. The van der Waals surface area contributed by atoms with E-state index >= 15 is 0 Å². The van der Waals surface area contributed by atoms with Crippen molar-refractivity contribution < 1.29 is 33.4 Å². The standard InChI is InChI=1S/C21H17ClFNO6S/c1-31-10-16(21(27)28)24-19(25)9-29-11-5-6-12-17(7-11)30-18(20(12)26)8-13-14(22)3-2-4-15(13)23/h2-8,16H,9-10H2,1H3,(H,24,25)(H,27,28). The highest BCUT2D eigenvalue weighted by Crippen LogP contribution is 2.35. The molecule has 1 aliphatic heterocycles. The van der Waals surface area contributed by atoms with Gasteiger partial charge in [-0.2, -0.15) is 11.8 Å². The Morgan fingerprint density at radius 1 is 1.35 bits per heavy atom. The third-order valence-electron chi connectivity index (χ3n) is 4.25. The number of carboxylic acids is 1. The van der Waals surface area contributed by atoms with Gasteiger partial charge in [-0.3, -0.25) is 9.59 Å². The Balaban J connectivity index is 1.69. The number of fused-ring (bicyclic) bond motifs is 1. The molecule has 0 bridgehead atoms. The van der Waals surface area contributed by atoms with Crippen LogP contribution in [-0.2, 0) is 9.59 Å². The number of halogens is 2. The van der Waals surface area contributed by atoms with Crippen LogP contribution in [0, 0.1) is 5.82 Å². The number of hydrogen-bond donors (Lipinski definition) is 2. The second kappa shape index (κ2) is 9.84. The van der Waals surface area contributed by atoms with Gasteiger partial charge in [0.1, 0.15) is 23.4 Å². The third kappa shape index (κ3) is 5.36. The number of carbonyl (C=O) groups excluding carboxylic acids is 2. The van der Waals surface area contributed by atoms with Gasteiger partial charge in [-0.15, -0.1) is 0 Å². The van der Waals surface area contributed by atoms with Crippen LogP contribution in [0.4, 0.5) is 4.39 Å². The van der Waals surface area contributed by atoms with E-state index in [2.05, 4.69) is 5.32 Å². The smallest absolute Gasteiger partial charge is 0.327 e. The third-order valence-corrected chi connectivity index (χ3v) is 5.25. The molecule has 0 saturated carbocycles. The highest BCUT2D eigenvalue weighted by atomic mass is 35.5. The van der Waals surface area contributed by atoms with Crippen molar-refractivity contribution in [1.29, 1.82) is 0 Å². The normalized spacial score (nSPS) is 14.7. The topological polar surface area (TPSA) is 102 Å². The summed E-state index contributed by atoms with van der Waals surface area (Å²) in [6.07, 6.45) is 2.96. The first-order valence-corrected chi connectivity index (χ1v) is 10.7. The average Bonchev–Trinajstić information content (AvgIpc) is 3.03. The van der Waals surface area contributed by atoms with Crippen molar-refractivity contribution in [2.24, 2.45) is 0 Å². The molecule has 2 aromatic rings. The number of amides is 1. The predicted molar refractivity (Wildman–Crippen MR) is 114 cm³/mol. The fourth-order valence-corrected chi connectivity index (χ4v) is 3.54. The fourth-order valence-electron chi connectivity index (χ4n) is 2.76. The lowest BCUT2D eigenvalue weighted by Crippen LogP contribution is -2.44. The van der Waals surface area contributed by atoms with Gasteiger partial charge in [-0.1, -0.05) is 17.7 Å². The second-order valence-corrected chi connectivity index (χ2v) is 7.75. The van der Waals surface area contributed by atoms with Crippen LogP contribution >= 0.6 is 23.4 Å². The number of ether oxygens (including phenoxy) is 2.